The van der Waals surface area contributed by atoms with Gasteiger partial charge >= 0.3 is 0 Å². The lowest BCUT2D eigenvalue weighted by Gasteiger charge is -2.27. The molecule has 0 radical (unpaired) electrons. The molecule has 1 unspecified atom stereocenters. The van der Waals surface area contributed by atoms with Crippen molar-refractivity contribution in [1.82, 2.24) is 30.0 Å². The second-order valence-corrected chi connectivity index (χ2v) is 10.6. The van der Waals surface area contributed by atoms with E-state index >= 15 is 0 Å². The van der Waals surface area contributed by atoms with Crippen molar-refractivity contribution in [3.05, 3.63) is 24.4 Å². The van der Waals surface area contributed by atoms with Crippen LogP contribution in [0.1, 0.15) is 6.42 Å². The van der Waals surface area contributed by atoms with Gasteiger partial charge in [-0.3, -0.25) is 9.89 Å². The summed E-state index contributed by atoms with van der Waals surface area (Å²) >= 11 is 0. The summed E-state index contributed by atoms with van der Waals surface area (Å²) in [7, 11) is -0.0213. The SMILES string of the molecule is CN(C)C(=O)C(CCS(C)(=O)=O)Nc1nc(-c2cccc3[nH]ncc23)nc(N2CCOCC2)n1. The summed E-state index contributed by atoms with van der Waals surface area (Å²) in [5, 5.41) is 11.0. The van der Waals surface area contributed by atoms with Gasteiger partial charge in [-0.05, 0) is 12.5 Å². The molecule has 1 aromatic carbocycles. The number of fused-ring (bicyclic) bond motifs is 1. The summed E-state index contributed by atoms with van der Waals surface area (Å²) in [6, 6.07) is 4.87. The van der Waals surface area contributed by atoms with Gasteiger partial charge in [-0.1, -0.05) is 12.1 Å². The number of nitrogens with one attached hydrogen (secondary N) is 2. The number of likely N-dealkylation sites (N-methyl/N-ethyl adjacent to an activating group) is 1. The second-order valence-electron chi connectivity index (χ2n) is 8.37. The van der Waals surface area contributed by atoms with Gasteiger partial charge in [-0.15, -0.1) is 0 Å². The minimum absolute atomic E-state index is 0.0844. The van der Waals surface area contributed by atoms with Crippen LogP contribution in [0.5, 0.6) is 0 Å². The predicted octanol–water partition coefficient (Wildman–Crippen LogP) is 0.555. The lowest BCUT2D eigenvalue weighted by molar-refractivity contribution is -0.129. The zero-order chi connectivity index (χ0) is 24.3. The Morgan fingerprint density at radius 2 is 2.00 bits per heavy atom. The number of ether oxygens (including phenoxy) is 1. The smallest absolute Gasteiger partial charge is 0.244 e. The Bertz CT molecular complexity index is 1270. The average molecular weight is 489 g/mol. The minimum atomic E-state index is -3.26. The second kappa shape index (κ2) is 9.89. The molecule has 34 heavy (non-hydrogen) atoms. The van der Waals surface area contributed by atoms with Gasteiger partial charge in [0.1, 0.15) is 15.9 Å². The molecule has 1 atom stereocenters. The molecule has 3 aromatic rings. The summed E-state index contributed by atoms with van der Waals surface area (Å²) in [4.78, 5) is 30.1. The molecule has 1 aliphatic rings. The Balaban J connectivity index is 1.74. The van der Waals surface area contributed by atoms with Crippen molar-refractivity contribution >= 4 is 38.5 Å². The maximum Gasteiger partial charge on any atom is 0.244 e. The number of amides is 1. The third-order valence-corrected chi connectivity index (χ3v) is 6.44. The number of hydrogen-bond donors (Lipinski definition) is 2. The van der Waals surface area contributed by atoms with Crippen molar-refractivity contribution in [1.29, 1.82) is 0 Å². The van der Waals surface area contributed by atoms with E-state index in [-0.39, 0.29) is 24.0 Å². The molecule has 0 spiro atoms. The number of carbonyl (C=O) groups is 1. The third-order valence-electron chi connectivity index (χ3n) is 5.46. The standard InChI is InChI=1S/C21H28N8O4S/c1-28(2)19(30)17(7-12-34(3,31)32)23-20-24-18(14-5-4-6-16-15(14)13-22-27-16)25-21(26-20)29-8-10-33-11-9-29/h4-6,13,17H,7-12H2,1-3H3,(H,22,27)(H,23,24,25,26). The number of rotatable bonds is 8. The van der Waals surface area contributed by atoms with Crippen LogP contribution in [0.25, 0.3) is 22.3 Å². The predicted molar refractivity (Wildman–Crippen MR) is 128 cm³/mol. The fourth-order valence-corrected chi connectivity index (χ4v) is 4.34. The minimum Gasteiger partial charge on any atom is -0.378 e. The van der Waals surface area contributed by atoms with E-state index in [0.717, 1.165) is 22.7 Å². The summed E-state index contributed by atoms with van der Waals surface area (Å²) in [6.07, 6.45) is 2.94. The molecule has 1 amide bonds. The Morgan fingerprint density at radius 3 is 2.71 bits per heavy atom. The molecule has 0 aliphatic carbocycles. The number of aromatic nitrogens is 5. The zero-order valence-electron chi connectivity index (χ0n) is 19.4. The number of H-pyrrole nitrogens is 1. The number of carbonyl (C=O) groups excluding carboxylic acids is 1. The van der Waals surface area contributed by atoms with Crippen molar-refractivity contribution in [2.45, 2.75) is 12.5 Å². The number of morpholine rings is 1. The molecule has 1 fully saturated rings. The van der Waals surface area contributed by atoms with Gasteiger partial charge in [-0.2, -0.15) is 20.1 Å². The molecule has 13 heteroatoms. The van der Waals surface area contributed by atoms with Crippen LogP contribution in [0.3, 0.4) is 0 Å². The van der Waals surface area contributed by atoms with Gasteiger partial charge in [0, 0.05) is 44.4 Å². The van der Waals surface area contributed by atoms with Crippen LogP contribution in [0.2, 0.25) is 0 Å². The summed E-state index contributed by atoms with van der Waals surface area (Å²) in [6.45, 7) is 2.34. The molecule has 12 nitrogen and oxygen atoms in total. The summed E-state index contributed by atoms with van der Waals surface area (Å²) in [5.74, 6) is 0.657. The number of anilines is 2. The normalized spacial score (nSPS) is 15.3. The number of aromatic amines is 1. The van der Waals surface area contributed by atoms with Crippen molar-refractivity contribution in [2.24, 2.45) is 0 Å². The molecule has 2 aromatic heterocycles. The van der Waals surface area contributed by atoms with Gasteiger partial charge in [-0.25, -0.2) is 8.42 Å². The Hall–Kier alpha value is -3.32. The molecule has 182 valence electrons. The molecule has 1 saturated heterocycles. The Morgan fingerprint density at radius 1 is 1.24 bits per heavy atom. The van der Waals surface area contributed by atoms with Crippen LogP contribution in [0.4, 0.5) is 11.9 Å². The monoisotopic (exact) mass is 488 g/mol. The van der Waals surface area contributed by atoms with E-state index in [9.17, 15) is 13.2 Å². The third kappa shape index (κ3) is 5.59. The van der Waals surface area contributed by atoms with E-state index < -0.39 is 15.9 Å². The maximum absolute atomic E-state index is 12.8. The highest BCUT2D eigenvalue weighted by Gasteiger charge is 2.25. The lowest BCUT2D eigenvalue weighted by atomic mass is 10.1. The Labute approximate surface area is 197 Å². The van der Waals surface area contributed by atoms with Gasteiger partial charge in [0.15, 0.2) is 5.82 Å². The van der Waals surface area contributed by atoms with E-state index in [1.54, 1.807) is 20.3 Å². The topological polar surface area (TPSA) is 146 Å². The number of benzene rings is 1. The number of nitrogens with zero attached hydrogens (tertiary/aromatic N) is 6. The first kappa shape index (κ1) is 23.8. The molecule has 1 aliphatic heterocycles. The molecule has 3 heterocycles. The van der Waals surface area contributed by atoms with Crippen LogP contribution in [0.15, 0.2) is 24.4 Å². The number of hydrogen-bond acceptors (Lipinski definition) is 10. The molecule has 2 N–H and O–H groups in total. The highest BCUT2D eigenvalue weighted by molar-refractivity contribution is 7.90. The Kier molecular flexibility index (Phi) is 6.93. The lowest BCUT2D eigenvalue weighted by Crippen LogP contribution is -2.41. The highest BCUT2D eigenvalue weighted by Crippen LogP contribution is 2.27. The van der Waals surface area contributed by atoms with Crippen LogP contribution in [-0.4, -0.2) is 103 Å². The molecule has 0 bridgehead atoms. The first-order valence-electron chi connectivity index (χ1n) is 10.9. The first-order chi connectivity index (χ1) is 16.2. The summed E-state index contributed by atoms with van der Waals surface area (Å²) < 4.78 is 29.0. The van der Waals surface area contributed by atoms with E-state index in [0.29, 0.717) is 38.1 Å². The fraction of sp³-hybridized carbons (Fsp3) is 0.476. The van der Waals surface area contributed by atoms with E-state index in [1.165, 1.54) is 4.90 Å². The van der Waals surface area contributed by atoms with Crippen LogP contribution >= 0.6 is 0 Å². The van der Waals surface area contributed by atoms with Crippen molar-refractivity contribution in [3.8, 4) is 11.4 Å². The average Bonchev–Trinajstić information content (AvgIpc) is 3.30. The van der Waals surface area contributed by atoms with E-state index in [4.69, 9.17) is 9.72 Å². The quantitative estimate of drug-likeness (QED) is 0.461. The van der Waals surface area contributed by atoms with E-state index in [1.807, 2.05) is 23.1 Å². The van der Waals surface area contributed by atoms with Crippen LogP contribution in [0, 0.1) is 0 Å². The molecule has 4 rings (SSSR count). The van der Waals surface area contributed by atoms with Crippen LogP contribution < -0.4 is 10.2 Å². The molecule has 0 saturated carbocycles. The van der Waals surface area contributed by atoms with Crippen molar-refractivity contribution < 1.29 is 17.9 Å². The largest absolute Gasteiger partial charge is 0.378 e. The summed E-state index contributed by atoms with van der Waals surface area (Å²) in [5.41, 5.74) is 1.60. The van der Waals surface area contributed by atoms with Crippen molar-refractivity contribution in [3.63, 3.8) is 0 Å². The van der Waals surface area contributed by atoms with Gasteiger partial charge in [0.05, 0.1) is 30.7 Å². The molecular formula is C21H28N8O4S. The van der Waals surface area contributed by atoms with Gasteiger partial charge in [0.25, 0.3) is 0 Å². The molecular weight excluding hydrogens is 460 g/mol. The van der Waals surface area contributed by atoms with E-state index in [2.05, 4.69) is 25.5 Å². The highest BCUT2D eigenvalue weighted by atomic mass is 32.2. The fourth-order valence-electron chi connectivity index (χ4n) is 3.67. The first-order valence-corrected chi connectivity index (χ1v) is 12.9. The van der Waals surface area contributed by atoms with Gasteiger partial charge < -0.3 is 19.9 Å². The van der Waals surface area contributed by atoms with Crippen LogP contribution in [-0.2, 0) is 19.4 Å². The zero-order valence-corrected chi connectivity index (χ0v) is 20.2. The maximum atomic E-state index is 12.8. The number of sulfone groups is 1. The van der Waals surface area contributed by atoms with Gasteiger partial charge in [0.2, 0.25) is 17.8 Å². The van der Waals surface area contributed by atoms with Crippen molar-refractivity contribution in [2.75, 3.05) is 62.6 Å².